The second kappa shape index (κ2) is 6.60. The minimum absolute atomic E-state index is 0.0312. The number of amides is 1. The number of nitrogens with zero attached hydrogens (tertiary/aromatic N) is 1. The number of nitrogens with one attached hydrogen (secondary N) is 1. The molecule has 1 aliphatic carbocycles. The molecule has 0 unspecified atom stereocenters. The molecule has 0 atom stereocenters. The Hall–Kier alpha value is -2.36. The number of carbonyl (C=O) groups excluding carboxylic acids is 1. The predicted octanol–water partition coefficient (Wildman–Crippen LogP) is 2.04. The molecule has 3 rings (SSSR count). The summed E-state index contributed by atoms with van der Waals surface area (Å²) in [5, 5.41) is 2.93. The number of hydrogen-bond donors (Lipinski definition) is 1. The Labute approximate surface area is 129 Å². The van der Waals surface area contributed by atoms with E-state index >= 15 is 0 Å². The maximum atomic E-state index is 11.9. The van der Waals surface area contributed by atoms with Gasteiger partial charge >= 0.3 is 0 Å². The second-order valence-electron chi connectivity index (χ2n) is 5.72. The number of fused-ring (bicyclic) bond motifs is 1. The van der Waals surface area contributed by atoms with Crippen LogP contribution in [0.4, 0.5) is 0 Å². The van der Waals surface area contributed by atoms with E-state index in [1.165, 1.54) is 30.0 Å². The molecule has 0 fully saturated rings. The number of carbonyl (C=O) groups is 1. The first-order valence-corrected chi connectivity index (χ1v) is 7.75. The molecular formula is C18H20N2O2. The van der Waals surface area contributed by atoms with Crippen LogP contribution >= 0.6 is 0 Å². The molecule has 4 nitrogen and oxygen atoms in total. The Balaban J connectivity index is 1.50. The first-order valence-electron chi connectivity index (χ1n) is 7.75. The van der Waals surface area contributed by atoms with Gasteiger partial charge in [-0.15, -0.1) is 0 Å². The van der Waals surface area contributed by atoms with Crippen molar-refractivity contribution in [1.29, 1.82) is 0 Å². The minimum Gasteiger partial charge on any atom is -0.352 e. The third-order valence-electron chi connectivity index (χ3n) is 4.13. The van der Waals surface area contributed by atoms with E-state index in [2.05, 4.69) is 23.5 Å². The molecule has 1 aliphatic rings. The van der Waals surface area contributed by atoms with E-state index in [0.717, 1.165) is 12.0 Å². The predicted molar refractivity (Wildman–Crippen MR) is 85.6 cm³/mol. The molecule has 0 spiro atoms. The third-order valence-corrected chi connectivity index (χ3v) is 4.13. The molecule has 1 amide bonds. The van der Waals surface area contributed by atoms with Crippen LogP contribution < -0.4 is 10.9 Å². The van der Waals surface area contributed by atoms with Gasteiger partial charge in [-0.2, -0.15) is 0 Å². The summed E-state index contributed by atoms with van der Waals surface area (Å²) in [4.78, 5) is 23.5. The molecule has 22 heavy (non-hydrogen) atoms. The summed E-state index contributed by atoms with van der Waals surface area (Å²) < 4.78 is 1.55. The molecular weight excluding hydrogens is 276 g/mol. The van der Waals surface area contributed by atoms with Crippen molar-refractivity contribution < 1.29 is 4.79 Å². The van der Waals surface area contributed by atoms with Crippen molar-refractivity contribution in [2.75, 3.05) is 0 Å². The lowest BCUT2D eigenvalue weighted by molar-refractivity contribution is -0.121. The molecule has 1 heterocycles. The van der Waals surface area contributed by atoms with Crippen LogP contribution in [0, 0.1) is 0 Å². The summed E-state index contributed by atoms with van der Waals surface area (Å²) >= 11 is 0. The van der Waals surface area contributed by atoms with E-state index in [1.54, 1.807) is 22.9 Å². The zero-order chi connectivity index (χ0) is 15.4. The maximum Gasteiger partial charge on any atom is 0.250 e. The molecule has 0 saturated heterocycles. The molecule has 0 bridgehead atoms. The van der Waals surface area contributed by atoms with Crippen molar-refractivity contribution in [2.24, 2.45) is 0 Å². The highest BCUT2D eigenvalue weighted by molar-refractivity contribution is 5.75. The lowest BCUT2D eigenvalue weighted by Gasteiger charge is -2.08. The van der Waals surface area contributed by atoms with Gasteiger partial charge in [0.25, 0.3) is 5.56 Å². The van der Waals surface area contributed by atoms with E-state index < -0.39 is 0 Å². The first-order chi connectivity index (χ1) is 10.7. The maximum absolute atomic E-state index is 11.9. The fourth-order valence-electron chi connectivity index (χ4n) is 2.89. The van der Waals surface area contributed by atoms with Crippen molar-refractivity contribution >= 4 is 5.91 Å². The van der Waals surface area contributed by atoms with E-state index in [-0.39, 0.29) is 11.5 Å². The molecule has 1 aromatic carbocycles. The Morgan fingerprint density at radius 3 is 2.86 bits per heavy atom. The lowest BCUT2D eigenvalue weighted by Crippen LogP contribution is -2.26. The van der Waals surface area contributed by atoms with Crippen LogP contribution in [0.3, 0.4) is 0 Å². The molecule has 1 aromatic heterocycles. The summed E-state index contributed by atoms with van der Waals surface area (Å²) in [5.41, 5.74) is 3.93. The zero-order valence-electron chi connectivity index (χ0n) is 12.5. The number of benzene rings is 1. The van der Waals surface area contributed by atoms with Crippen LogP contribution in [0.25, 0.3) is 0 Å². The normalized spacial score (nSPS) is 12.9. The van der Waals surface area contributed by atoms with Crippen molar-refractivity contribution in [2.45, 2.75) is 38.8 Å². The van der Waals surface area contributed by atoms with Crippen molar-refractivity contribution in [3.8, 4) is 0 Å². The summed E-state index contributed by atoms with van der Waals surface area (Å²) in [6.45, 7) is 0.964. The van der Waals surface area contributed by atoms with E-state index in [9.17, 15) is 9.59 Å². The van der Waals surface area contributed by atoms with Gasteiger partial charge in [-0.05, 0) is 42.0 Å². The van der Waals surface area contributed by atoms with Gasteiger partial charge in [0, 0.05) is 31.8 Å². The van der Waals surface area contributed by atoms with Crippen molar-refractivity contribution in [1.82, 2.24) is 9.88 Å². The van der Waals surface area contributed by atoms with Gasteiger partial charge < -0.3 is 9.88 Å². The van der Waals surface area contributed by atoms with Gasteiger partial charge in [-0.3, -0.25) is 9.59 Å². The summed E-state index contributed by atoms with van der Waals surface area (Å²) in [7, 11) is 0. The summed E-state index contributed by atoms with van der Waals surface area (Å²) in [6.07, 6.45) is 5.57. The average Bonchev–Trinajstić information content (AvgIpc) is 2.99. The molecule has 0 saturated carbocycles. The zero-order valence-corrected chi connectivity index (χ0v) is 12.5. The number of aryl methyl sites for hydroxylation is 3. The smallest absolute Gasteiger partial charge is 0.250 e. The second-order valence-corrected chi connectivity index (χ2v) is 5.72. The molecule has 114 valence electrons. The van der Waals surface area contributed by atoms with Gasteiger partial charge in [0.2, 0.25) is 5.91 Å². The van der Waals surface area contributed by atoms with Crippen LogP contribution in [0.15, 0.2) is 47.4 Å². The monoisotopic (exact) mass is 296 g/mol. The fourth-order valence-corrected chi connectivity index (χ4v) is 2.89. The number of hydrogen-bond acceptors (Lipinski definition) is 2. The van der Waals surface area contributed by atoms with Gasteiger partial charge in [-0.25, -0.2) is 0 Å². The van der Waals surface area contributed by atoms with Crippen LogP contribution in [0.5, 0.6) is 0 Å². The Morgan fingerprint density at radius 2 is 2.00 bits per heavy atom. The topological polar surface area (TPSA) is 51.1 Å². The third kappa shape index (κ3) is 3.45. The summed E-state index contributed by atoms with van der Waals surface area (Å²) in [5.74, 6) is -0.0312. The number of aromatic nitrogens is 1. The Morgan fingerprint density at radius 1 is 1.14 bits per heavy atom. The minimum atomic E-state index is -0.0751. The standard InChI is InChI=1S/C18H20N2O2/c21-17(9-11-20-10-2-1-6-18(20)22)19-13-14-7-8-15-4-3-5-16(15)12-14/h1-2,6-8,10,12H,3-5,9,11,13H2,(H,19,21). The molecule has 0 radical (unpaired) electrons. The van der Waals surface area contributed by atoms with Crippen LogP contribution in [-0.2, 0) is 30.7 Å². The van der Waals surface area contributed by atoms with Crippen molar-refractivity contribution in [3.05, 3.63) is 69.6 Å². The highest BCUT2D eigenvalue weighted by atomic mass is 16.1. The van der Waals surface area contributed by atoms with Crippen LogP contribution in [-0.4, -0.2) is 10.5 Å². The fraction of sp³-hybridized carbons (Fsp3) is 0.333. The van der Waals surface area contributed by atoms with E-state index in [1.807, 2.05) is 0 Å². The highest BCUT2D eigenvalue weighted by Gasteiger charge is 2.11. The Bertz CT molecular complexity index is 734. The number of pyridine rings is 1. The average molecular weight is 296 g/mol. The van der Waals surface area contributed by atoms with Gasteiger partial charge in [0.1, 0.15) is 0 Å². The Kier molecular flexibility index (Phi) is 4.37. The quantitative estimate of drug-likeness (QED) is 0.918. The van der Waals surface area contributed by atoms with Gasteiger partial charge in [0.05, 0.1) is 0 Å². The van der Waals surface area contributed by atoms with E-state index in [0.29, 0.717) is 19.5 Å². The first kappa shape index (κ1) is 14.6. The summed E-state index contributed by atoms with van der Waals surface area (Å²) in [6, 6.07) is 11.5. The van der Waals surface area contributed by atoms with E-state index in [4.69, 9.17) is 0 Å². The molecule has 0 aliphatic heterocycles. The van der Waals surface area contributed by atoms with Gasteiger partial charge in [-0.1, -0.05) is 24.3 Å². The molecule has 2 aromatic rings. The SMILES string of the molecule is O=C(CCn1ccccc1=O)NCc1ccc2c(c1)CCC2. The van der Waals surface area contributed by atoms with Crippen molar-refractivity contribution in [3.63, 3.8) is 0 Å². The largest absolute Gasteiger partial charge is 0.352 e. The number of rotatable bonds is 5. The lowest BCUT2D eigenvalue weighted by atomic mass is 10.1. The highest BCUT2D eigenvalue weighted by Crippen LogP contribution is 2.22. The van der Waals surface area contributed by atoms with Crippen LogP contribution in [0.1, 0.15) is 29.5 Å². The molecule has 1 N–H and O–H groups in total. The van der Waals surface area contributed by atoms with Crippen LogP contribution in [0.2, 0.25) is 0 Å². The van der Waals surface area contributed by atoms with Gasteiger partial charge in [0.15, 0.2) is 0 Å². The molecule has 4 heteroatoms.